The number of nitrogens with two attached hydrogens (primary N) is 1. The Morgan fingerprint density at radius 3 is 1.87 bits per heavy atom. The summed E-state index contributed by atoms with van der Waals surface area (Å²) in [5, 5.41) is 0. The van der Waals surface area contributed by atoms with Crippen LogP contribution in [0.3, 0.4) is 0 Å². The van der Waals surface area contributed by atoms with Crippen molar-refractivity contribution in [3.05, 3.63) is 0 Å². The van der Waals surface area contributed by atoms with E-state index < -0.39 is 8.53 Å². The minimum atomic E-state index is -0.980. The number of hydrogen-bond donors (Lipinski definition) is 1. The zero-order valence-electron chi connectivity index (χ0n) is 10.7. The average molecular weight is 236 g/mol. The van der Waals surface area contributed by atoms with E-state index in [9.17, 15) is 0 Å². The summed E-state index contributed by atoms with van der Waals surface area (Å²) in [4.78, 5) is 0. The van der Waals surface area contributed by atoms with E-state index in [2.05, 4.69) is 32.4 Å². The number of nitrogens with zero attached hydrogens (tertiary/aromatic N) is 1. The van der Waals surface area contributed by atoms with Crippen LogP contribution in [0.25, 0.3) is 0 Å². The van der Waals surface area contributed by atoms with Gasteiger partial charge in [0.25, 0.3) is 8.53 Å². The normalized spacial score (nSPS) is 16.4. The standard InChI is InChI=1S/C10H25N2O2P/c1-8(2)12(9(3)4)15(13-6)14-7-10(5)11/h8-10H,7,11H2,1-6H3. The quantitative estimate of drug-likeness (QED) is 0.689. The lowest BCUT2D eigenvalue weighted by molar-refractivity contribution is 0.189. The van der Waals surface area contributed by atoms with Crippen molar-refractivity contribution in [3.8, 4) is 0 Å². The van der Waals surface area contributed by atoms with Crippen molar-refractivity contribution in [3.63, 3.8) is 0 Å². The lowest BCUT2D eigenvalue weighted by Crippen LogP contribution is -2.34. The van der Waals surface area contributed by atoms with E-state index in [0.29, 0.717) is 18.7 Å². The van der Waals surface area contributed by atoms with Crippen molar-refractivity contribution in [1.82, 2.24) is 4.67 Å². The predicted octanol–water partition coefficient (Wildman–Crippen LogP) is 2.34. The van der Waals surface area contributed by atoms with Gasteiger partial charge in [0.15, 0.2) is 0 Å². The Morgan fingerprint density at radius 1 is 1.13 bits per heavy atom. The third-order valence-corrected chi connectivity index (χ3v) is 3.83. The molecule has 0 heterocycles. The molecule has 0 aromatic carbocycles. The Hall–Kier alpha value is 0.270. The first kappa shape index (κ1) is 15.3. The van der Waals surface area contributed by atoms with Gasteiger partial charge in [0.1, 0.15) is 0 Å². The van der Waals surface area contributed by atoms with E-state index in [1.165, 1.54) is 0 Å². The molecule has 0 rings (SSSR count). The van der Waals surface area contributed by atoms with Crippen LogP contribution < -0.4 is 5.73 Å². The Kier molecular flexibility index (Phi) is 7.66. The first-order valence-electron chi connectivity index (χ1n) is 5.41. The van der Waals surface area contributed by atoms with Crippen molar-refractivity contribution in [2.45, 2.75) is 52.7 Å². The molecular formula is C10H25N2O2P. The third kappa shape index (κ3) is 5.79. The molecule has 0 aromatic rings. The van der Waals surface area contributed by atoms with Crippen molar-refractivity contribution < 1.29 is 9.05 Å². The van der Waals surface area contributed by atoms with Gasteiger partial charge in [-0.15, -0.1) is 0 Å². The Bertz CT molecular complexity index is 158. The molecule has 0 spiro atoms. The van der Waals surface area contributed by atoms with Crippen molar-refractivity contribution in [2.24, 2.45) is 5.73 Å². The van der Waals surface area contributed by atoms with Gasteiger partial charge in [-0.3, -0.25) is 0 Å². The van der Waals surface area contributed by atoms with Crippen LogP contribution >= 0.6 is 8.53 Å². The Balaban J connectivity index is 4.32. The van der Waals surface area contributed by atoms with Crippen molar-refractivity contribution in [2.75, 3.05) is 13.7 Å². The maximum Gasteiger partial charge on any atom is 0.258 e. The van der Waals surface area contributed by atoms with Gasteiger partial charge in [-0.25, -0.2) is 4.67 Å². The number of rotatable bonds is 7. The summed E-state index contributed by atoms with van der Waals surface area (Å²) >= 11 is 0. The van der Waals surface area contributed by atoms with Crippen LogP contribution in [0.2, 0.25) is 0 Å². The highest BCUT2D eigenvalue weighted by Gasteiger charge is 2.26. The van der Waals surface area contributed by atoms with Gasteiger partial charge in [-0.1, -0.05) is 0 Å². The molecule has 0 radical (unpaired) electrons. The zero-order valence-corrected chi connectivity index (χ0v) is 11.6. The molecule has 0 bridgehead atoms. The average Bonchev–Trinajstić information content (AvgIpc) is 2.09. The highest BCUT2D eigenvalue weighted by Crippen LogP contribution is 2.44. The van der Waals surface area contributed by atoms with Crippen LogP contribution in [0, 0.1) is 0 Å². The fourth-order valence-electron chi connectivity index (χ4n) is 1.37. The molecule has 2 atom stereocenters. The largest absolute Gasteiger partial charge is 0.326 e. The third-order valence-electron chi connectivity index (χ3n) is 1.85. The summed E-state index contributed by atoms with van der Waals surface area (Å²) in [6.45, 7) is 11.0. The maximum atomic E-state index is 5.68. The molecule has 0 fully saturated rings. The summed E-state index contributed by atoms with van der Waals surface area (Å²) in [5.41, 5.74) is 5.66. The molecule has 2 unspecified atom stereocenters. The molecule has 4 nitrogen and oxygen atoms in total. The number of hydrogen-bond acceptors (Lipinski definition) is 4. The second kappa shape index (κ2) is 7.53. The van der Waals surface area contributed by atoms with E-state index in [-0.39, 0.29) is 6.04 Å². The minimum Gasteiger partial charge on any atom is -0.326 e. The summed E-state index contributed by atoms with van der Waals surface area (Å²) in [6.07, 6.45) is 0. The molecule has 0 amide bonds. The first-order valence-corrected chi connectivity index (χ1v) is 6.54. The van der Waals surface area contributed by atoms with Gasteiger partial charge in [-0.2, -0.15) is 0 Å². The van der Waals surface area contributed by atoms with Crippen molar-refractivity contribution in [1.29, 1.82) is 0 Å². The topological polar surface area (TPSA) is 47.7 Å². The summed E-state index contributed by atoms with van der Waals surface area (Å²) in [6, 6.07) is 0.861. The second-order valence-corrected chi connectivity index (χ2v) is 5.82. The monoisotopic (exact) mass is 236 g/mol. The lowest BCUT2D eigenvalue weighted by atomic mass is 10.3. The SMILES string of the molecule is COP(OCC(C)N)N(C(C)C)C(C)C. The van der Waals surface area contributed by atoms with Crippen LogP contribution in [0.1, 0.15) is 34.6 Å². The van der Waals surface area contributed by atoms with Crippen LogP contribution in [-0.2, 0) is 9.05 Å². The molecule has 0 aromatic heterocycles. The minimum absolute atomic E-state index is 0.0475. The molecule has 0 saturated carbocycles. The van der Waals surface area contributed by atoms with E-state index in [1.54, 1.807) is 7.11 Å². The second-order valence-electron chi connectivity index (χ2n) is 4.26. The Labute approximate surface area is 95.1 Å². The molecule has 0 aliphatic rings. The van der Waals surface area contributed by atoms with Crippen molar-refractivity contribution >= 4 is 8.53 Å². The highest BCUT2D eigenvalue weighted by atomic mass is 31.2. The lowest BCUT2D eigenvalue weighted by Gasteiger charge is -2.35. The first-order chi connectivity index (χ1) is 6.90. The van der Waals surface area contributed by atoms with Crippen LogP contribution in [0.4, 0.5) is 0 Å². The van der Waals surface area contributed by atoms with Gasteiger partial charge >= 0.3 is 0 Å². The zero-order chi connectivity index (χ0) is 12.0. The van der Waals surface area contributed by atoms with Crippen LogP contribution in [0.15, 0.2) is 0 Å². The van der Waals surface area contributed by atoms with Gasteiger partial charge < -0.3 is 14.8 Å². The highest BCUT2D eigenvalue weighted by molar-refractivity contribution is 7.44. The van der Waals surface area contributed by atoms with E-state index in [4.69, 9.17) is 14.8 Å². The maximum absolute atomic E-state index is 5.68. The predicted molar refractivity (Wildman–Crippen MR) is 65.6 cm³/mol. The molecule has 0 saturated heterocycles. The van der Waals surface area contributed by atoms with Gasteiger partial charge in [-0.05, 0) is 34.6 Å². The Morgan fingerprint density at radius 2 is 1.60 bits per heavy atom. The fourth-order valence-corrected chi connectivity index (χ4v) is 2.91. The molecule has 0 aliphatic carbocycles. The summed E-state index contributed by atoms with van der Waals surface area (Å²) in [7, 11) is 0.705. The molecule has 0 aliphatic heterocycles. The summed E-state index contributed by atoms with van der Waals surface area (Å²) in [5.74, 6) is 0. The van der Waals surface area contributed by atoms with Crippen LogP contribution in [-0.4, -0.2) is 36.5 Å². The molecule has 5 heteroatoms. The van der Waals surface area contributed by atoms with Gasteiger partial charge in [0.05, 0.1) is 6.61 Å². The molecule has 15 heavy (non-hydrogen) atoms. The smallest absolute Gasteiger partial charge is 0.258 e. The molecule has 2 N–H and O–H groups in total. The van der Waals surface area contributed by atoms with E-state index in [0.717, 1.165) is 0 Å². The van der Waals surface area contributed by atoms with Crippen LogP contribution in [0.5, 0.6) is 0 Å². The van der Waals surface area contributed by atoms with E-state index in [1.807, 2.05) is 6.92 Å². The van der Waals surface area contributed by atoms with Gasteiger partial charge in [0.2, 0.25) is 0 Å². The molecular weight excluding hydrogens is 211 g/mol. The molecule has 92 valence electrons. The summed E-state index contributed by atoms with van der Waals surface area (Å²) < 4.78 is 13.3. The van der Waals surface area contributed by atoms with Gasteiger partial charge in [0, 0.05) is 25.2 Å². The fraction of sp³-hybridized carbons (Fsp3) is 1.00. The van der Waals surface area contributed by atoms with E-state index >= 15 is 0 Å².